The number of likely N-dealkylation sites (N-methyl/N-ethyl adjacent to an activating group) is 1. The van der Waals surface area contributed by atoms with Crippen LogP contribution in [-0.2, 0) is 14.3 Å². The summed E-state index contributed by atoms with van der Waals surface area (Å²) < 4.78 is 11.1. The quantitative estimate of drug-likeness (QED) is 0.593. The molecule has 6 nitrogen and oxygen atoms in total. The lowest BCUT2D eigenvalue weighted by Gasteiger charge is -2.35. The van der Waals surface area contributed by atoms with E-state index in [0.717, 1.165) is 26.1 Å². The van der Waals surface area contributed by atoms with Crippen LogP contribution in [0.15, 0.2) is 0 Å². The van der Waals surface area contributed by atoms with E-state index >= 15 is 0 Å². The molecule has 1 aliphatic heterocycles. The lowest BCUT2D eigenvalue weighted by atomic mass is 10.1. The highest BCUT2D eigenvalue weighted by Gasteiger charge is 2.28. The van der Waals surface area contributed by atoms with Crippen molar-refractivity contribution in [3.8, 4) is 0 Å². The first-order chi connectivity index (χ1) is 9.72. The average Bonchev–Trinajstić information content (AvgIpc) is 2.46. The number of hydrogen-bond acceptors (Lipinski definition) is 5. The Morgan fingerprint density at radius 2 is 2.05 bits per heavy atom. The van der Waals surface area contributed by atoms with Gasteiger partial charge in [0.2, 0.25) is 5.91 Å². The summed E-state index contributed by atoms with van der Waals surface area (Å²) in [7, 11) is 0. The summed E-state index contributed by atoms with van der Waals surface area (Å²) in [6.07, 6.45) is 0.618. The van der Waals surface area contributed by atoms with E-state index in [-0.39, 0.29) is 18.2 Å². The van der Waals surface area contributed by atoms with E-state index in [9.17, 15) is 4.79 Å². The zero-order chi connectivity index (χ0) is 14.8. The van der Waals surface area contributed by atoms with Crippen molar-refractivity contribution in [3.05, 3.63) is 0 Å². The van der Waals surface area contributed by atoms with Gasteiger partial charge in [-0.15, -0.1) is 0 Å². The maximum Gasteiger partial charge on any atom is 0.238 e. The van der Waals surface area contributed by atoms with Crippen molar-refractivity contribution in [1.82, 2.24) is 15.5 Å². The molecule has 118 valence electrons. The van der Waals surface area contributed by atoms with Crippen LogP contribution in [0, 0.1) is 0 Å². The Balaban J connectivity index is 2.46. The van der Waals surface area contributed by atoms with Crippen LogP contribution < -0.4 is 10.6 Å². The standard InChI is InChI=1S/C14H29N3O3/c1-4-16-14(18)12-11-15-8-10-17(12)9-7-13(19-5-2)20-6-3/h12-13,15H,4-11H2,1-3H3,(H,16,18). The van der Waals surface area contributed by atoms with Crippen molar-refractivity contribution in [1.29, 1.82) is 0 Å². The van der Waals surface area contributed by atoms with Crippen LogP contribution in [0.25, 0.3) is 0 Å². The molecule has 1 fully saturated rings. The van der Waals surface area contributed by atoms with Gasteiger partial charge in [-0.3, -0.25) is 9.69 Å². The first kappa shape index (κ1) is 17.4. The van der Waals surface area contributed by atoms with Crippen molar-refractivity contribution < 1.29 is 14.3 Å². The highest BCUT2D eigenvalue weighted by Crippen LogP contribution is 2.08. The monoisotopic (exact) mass is 287 g/mol. The smallest absolute Gasteiger partial charge is 0.238 e. The number of carbonyl (C=O) groups is 1. The molecule has 0 spiro atoms. The molecular weight excluding hydrogens is 258 g/mol. The molecule has 0 aromatic carbocycles. The van der Waals surface area contributed by atoms with Crippen molar-refractivity contribution in [2.75, 3.05) is 45.9 Å². The number of rotatable bonds is 9. The van der Waals surface area contributed by atoms with E-state index in [2.05, 4.69) is 15.5 Å². The van der Waals surface area contributed by atoms with Crippen molar-refractivity contribution in [2.45, 2.75) is 39.5 Å². The number of ether oxygens (including phenoxy) is 2. The molecule has 0 aromatic rings. The first-order valence-corrected chi connectivity index (χ1v) is 7.68. The summed E-state index contributed by atoms with van der Waals surface area (Å²) in [5, 5.41) is 6.18. The van der Waals surface area contributed by atoms with E-state index < -0.39 is 0 Å². The Bertz CT molecular complexity index is 270. The molecule has 1 heterocycles. The van der Waals surface area contributed by atoms with Crippen LogP contribution in [-0.4, -0.2) is 69.1 Å². The lowest BCUT2D eigenvalue weighted by molar-refractivity contribution is -0.144. The zero-order valence-electron chi connectivity index (χ0n) is 13.0. The molecule has 0 bridgehead atoms. The van der Waals surface area contributed by atoms with Crippen LogP contribution in [0.5, 0.6) is 0 Å². The predicted molar refractivity (Wildman–Crippen MR) is 78.6 cm³/mol. The Hall–Kier alpha value is -0.690. The van der Waals surface area contributed by atoms with Crippen molar-refractivity contribution in [3.63, 3.8) is 0 Å². The molecule has 0 saturated carbocycles. The highest BCUT2D eigenvalue weighted by molar-refractivity contribution is 5.82. The number of hydrogen-bond donors (Lipinski definition) is 2. The molecule has 20 heavy (non-hydrogen) atoms. The van der Waals surface area contributed by atoms with Gasteiger partial charge in [0.05, 0.1) is 0 Å². The molecule has 0 aliphatic carbocycles. The van der Waals surface area contributed by atoms with Crippen molar-refractivity contribution >= 4 is 5.91 Å². The van der Waals surface area contributed by atoms with Crippen LogP contribution in [0.2, 0.25) is 0 Å². The van der Waals surface area contributed by atoms with Gasteiger partial charge in [-0.05, 0) is 20.8 Å². The molecule has 6 heteroatoms. The molecule has 1 rings (SSSR count). The fraction of sp³-hybridized carbons (Fsp3) is 0.929. The minimum Gasteiger partial charge on any atom is -0.355 e. The van der Waals surface area contributed by atoms with Gasteiger partial charge in [0.15, 0.2) is 6.29 Å². The Morgan fingerprint density at radius 3 is 2.65 bits per heavy atom. The van der Waals surface area contributed by atoms with E-state index in [4.69, 9.17) is 9.47 Å². The predicted octanol–water partition coefficient (Wildman–Crippen LogP) is 0.186. The minimum atomic E-state index is -0.172. The second kappa shape index (κ2) is 10.1. The maximum absolute atomic E-state index is 12.0. The molecule has 1 amide bonds. The fourth-order valence-corrected chi connectivity index (χ4v) is 2.42. The van der Waals surface area contributed by atoms with Gasteiger partial charge in [0, 0.05) is 52.4 Å². The number of amides is 1. The Kier molecular flexibility index (Phi) is 8.77. The summed E-state index contributed by atoms with van der Waals surface area (Å²) in [5.41, 5.74) is 0. The molecule has 2 N–H and O–H groups in total. The van der Waals surface area contributed by atoms with E-state index in [0.29, 0.717) is 26.3 Å². The van der Waals surface area contributed by atoms with E-state index in [1.807, 2.05) is 20.8 Å². The van der Waals surface area contributed by atoms with Crippen molar-refractivity contribution in [2.24, 2.45) is 0 Å². The van der Waals surface area contributed by atoms with Crippen LogP contribution in [0.4, 0.5) is 0 Å². The summed E-state index contributed by atoms with van der Waals surface area (Å²) in [4.78, 5) is 14.3. The number of nitrogens with one attached hydrogen (secondary N) is 2. The Morgan fingerprint density at radius 1 is 1.35 bits per heavy atom. The van der Waals surface area contributed by atoms with Gasteiger partial charge in [-0.2, -0.15) is 0 Å². The van der Waals surface area contributed by atoms with Gasteiger partial charge >= 0.3 is 0 Å². The zero-order valence-corrected chi connectivity index (χ0v) is 13.0. The van der Waals surface area contributed by atoms with Gasteiger partial charge in [0.25, 0.3) is 0 Å². The third-order valence-corrected chi connectivity index (χ3v) is 3.37. The number of carbonyl (C=O) groups excluding carboxylic acids is 1. The molecule has 1 aliphatic rings. The second-order valence-electron chi connectivity index (χ2n) is 4.78. The summed E-state index contributed by atoms with van der Waals surface area (Å²) in [5.74, 6) is 0.101. The van der Waals surface area contributed by atoms with Crippen LogP contribution in [0.3, 0.4) is 0 Å². The third kappa shape index (κ3) is 5.75. The summed E-state index contributed by atoms with van der Waals surface area (Å²) in [6.45, 7) is 11.2. The summed E-state index contributed by atoms with van der Waals surface area (Å²) in [6, 6.07) is -0.0902. The van der Waals surface area contributed by atoms with Crippen LogP contribution in [0.1, 0.15) is 27.2 Å². The van der Waals surface area contributed by atoms with Gasteiger partial charge in [-0.1, -0.05) is 0 Å². The largest absolute Gasteiger partial charge is 0.355 e. The summed E-state index contributed by atoms with van der Waals surface area (Å²) >= 11 is 0. The number of piperazine rings is 1. The van der Waals surface area contributed by atoms with Crippen LogP contribution >= 0.6 is 0 Å². The molecule has 1 atom stereocenters. The van der Waals surface area contributed by atoms with Gasteiger partial charge in [0.1, 0.15) is 6.04 Å². The van der Waals surface area contributed by atoms with Gasteiger partial charge in [-0.25, -0.2) is 0 Å². The highest BCUT2D eigenvalue weighted by atomic mass is 16.7. The first-order valence-electron chi connectivity index (χ1n) is 7.68. The molecule has 1 saturated heterocycles. The molecule has 0 aromatic heterocycles. The number of nitrogens with zero attached hydrogens (tertiary/aromatic N) is 1. The lowest BCUT2D eigenvalue weighted by Crippen LogP contribution is -2.58. The minimum absolute atomic E-state index is 0.0902. The molecule has 1 unspecified atom stereocenters. The normalized spacial score (nSPS) is 20.3. The topological polar surface area (TPSA) is 62.8 Å². The average molecular weight is 287 g/mol. The SMILES string of the molecule is CCNC(=O)C1CNCCN1CCC(OCC)OCC. The Labute approximate surface area is 122 Å². The third-order valence-electron chi connectivity index (χ3n) is 3.37. The maximum atomic E-state index is 12.0. The van der Waals surface area contributed by atoms with E-state index in [1.54, 1.807) is 0 Å². The molecular formula is C14H29N3O3. The fourth-order valence-electron chi connectivity index (χ4n) is 2.42. The van der Waals surface area contributed by atoms with E-state index in [1.165, 1.54) is 0 Å². The van der Waals surface area contributed by atoms with Gasteiger partial charge < -0.3 is 20.1 Å². The second-order valence-corrected chi connectivity index (χ2v) is 4.78. The molecule has 0 radical (unpaired) electrons.